The monoisotopic (exact) mass is 913 g/mol. The molecule has 4 N–H and O–H groups in total. The summed E-state index contributed by atoms with van der Waals surface area (Å²) < 4.78 is 10.8. The van der Waals surface area contributed by atoms with Crippen LogP contribution in [0.3, 0.4) is 0 Å². The van der Waals surface area contributed by atoms with Crippen molar-refractivity contribution in [1.82, 2.24) is 19.8 Å². The highest BCUT2D eigenvalue weighted by Crippen LogP contribution is 2.31. The molecule has 2 aromatic heterocycles. The first kappa shape index (κ1) is 46.9. The van der Waals surface area contributed by atoms with Gasteiger partial charge in [-0.25, -0.2) is 4.98 Å². The van der Waals surface area contributed by atoms with Crippen LogP contribution >= 0.6 is 23.2 Å². The van der Waals surface area contributed by atoms with Crippen LogP contribution in [0.5, 0.6) is 11.5 Å². The number of pyridine rings is 2. The van der Waals surface area contributed by atoms with Gasteiger partial charge in [-0.05, 0) is 72.8 Å². The SMILES string of the molecule is COc1cccc(C(=O)Cc2ccc(Cl)cn2)c1NC(=O)c1ccc(C(=N)N(C)C)cc1.COc1cccc(C(=O)Nc2ccc(Cl)cn2)c1NC(=O)c1ccc(C2=NCCN2C)cc1. The molecule has 3 heterocycles. The van der Waals surface area contributed by atoms with Gasteiger partial charge < -0.3 is 35.2 Å². The van der Waals surface area contributed by atoms with Crippen LogP contribution in [-0.2, 0) is 6.42 Å². The van der Waals surface area contributed by atoms with Crippen LogP contribution in [0.25, 0.3) is 0 Å². The van der Waals surface area contributed by atoms with Crippen LogP contribution in [-0.4, -0.2) is 103 Å². The van der Waals surface area contributed by atoms with E-state index in [4.69, 9.17) is 38.1 Å². The van der Waals surface area contributed by atoms with Crippen LogP contribution in [0.1, 0.15) is 58.3 Å². The third kappa shape index (κ3) is 11.9. The minimum absolute atomic E-state index is 0.0501. The number of carbonyl (C=O) groups is 4. The first-order chi connectivity index (χ1) is 31.3. The van der Waals surface area contributed by atoms with Crippen LogP contribution in [0, 0.1) is 5.41 Å². The zero-order chi connectivity index (χ0) is 46.6. The molecule has 0 unspecified atom stereocenters. The Bertz CT molecular complexity index is 2730. The summed E-state index contributed by atoms with van der Waals surface area (Å²) in [5.41, 5.74) is 4.15. The maximum atomic E-state index is 13.0. The number of ketones is 1. The van der Waals surface area contributed by atoms with Crippen molar-refractivity contribution in [1.29, 1.82) is 5.41 Å². The summed E-state index contributed by atoms with van der Waals surface area (Å²) >= 11 is 11.7. The molecule has 17 heteroatoms. The lowest BCUT2D eigenvalue weighted by Crippen LogP contribution is -2.23. The van der Waals surface area contributed by atoms with Crippen LogP contribution in [0.15, 0.2) is 127 Å². The van der Waals surface area contributed by atoms with E-state index in [1.807, 2.05) is 19.2 Å². The van der Waals surface area contributed by atoms with E-state index < -0.39 is 11.8 Å². The van der Waals surface area contributed by atoms with Crippen LogP contribution < -0.4 is 25.4 Å². The van der Waals surface area contributed by atoms with Gasteiger partial charge in [0.1, 0.15) is 29.0 Å². The lowest BCUT2D eigenvalue weighted by Gasteiger charge is -2.16. The summed E-state index contributed by atoms with van der Waals surface area (Å²) in [6.07, 6.45) is 2.97. The lowest BCUT2D eigenvalue weighted by molar-refractivity contribution is 0.0988. The van der Waals surface area contributed by atoms with Gasteiger partial charge in [0.2, 0.25) is 0 Å². The number of halogens is 2. The third-order valence-corrected chi connectivity index (χ3v) is 10.4. The molecule has 0 aliphatic carbocycles. The van der Waals surface area contributed by atoms with E-state index in [9.17, 15) is 19.2 Å². The summed E-state index contributed by atoms with van der Waals surface area (Å²) in [6, 6.07) is 30.4. The summed E-state index contributed by atoms with van der Waals surface area (Å²) in [6.45, 7) is 1.64. The molecule has 0 saturated carbocycles. The zero-order valence-corrected chi connectivity index (χ0v) is 37.6. The molecule has 0 fully saturated rings. The van der Waals surface area contributed by atoms with Crippen molar-refractivity contribution < 1.29 is 28.7 Å². The molecule has 3 amide bonds. The fourth-order valence-electron chi connectivity index (χ4n) is 6.51. The predicted octanol–water partition coefficient (Wildman–Crippen LogP) is 8.25. The number of amidine groups is 2. The molecule has 1 aliphatic heterocycles. The van der Waals surface area contributed by atoms with Gasteiger partial charge in [0.25, 0.3) is 17.7 Å². The van der Waals surface area contributed by atoms with Crippen LogP contribution in [0.2, 0.25) is 10.0 Å². The number of anilines is 3. The summed E-state index contributed by atoms with van der Waals surface area (Å²) in [4.78, 5) is 68.3. The number of nitrogens with one attached hydrogen (secondary N) is 4. The number of carbonyl (C=O) groups excluding carboxylic acids is 4. The first-order valence-corrected chi connectivity index (χ1v) is 20.8. The van der Waals surface area contributed by atoms with Crippen molar-refractivity contribution in [3.8, 4) is 11.5 Å². The smallest absolute Gasteiger partial charge is 0.259 e. The van der Waals surface area contributed by atoms with Gasteiger partial charge in [0.05, 0.1) is 54.2 Å². The van der Waals surface area contributed by atoms with Crippen molar-refractivity contribution in [3.63, 3.8) is 0 Å². The second kappa shape index (κ2) is 21.6. The van der Waals surface area contributed by atoms with E-state index in [1.54, 1.807) is 116 Å². The topological polar surface area (TPSA) is 191 Å². The van der Waals surface area contributed by atoms with Crippen molar-refractivity contribution >= 4 is 75.6 Å². The molecule has 1 aliphatic rings. The molecule has 65 heavy (non-hydrogen) atoms. The average molecular weight is 915 g/mol. The van der Waals surface area contributed by atoms with Gasteiger partial charge in [-0.1, -0.05) is 59.6 Å². The number of nitrogens with zero attached hydrogens (tertiary/aromatic N) is 5. The molecule has 0 bridgehead atoms. The highest BCUT2D eigenvalue weighted by Gasteiger charge is 2.22. The molecule has 7 rings (SSSR count). The maximum Gasteiger partial charge on any atom is 0.259 e. The second-order valence-corrected chi connectivity index (χ2v) is 15.5. The number of benzene rings is 4. The normalized spacial score (nSPS) is 11.6. The number of rotatable bonds is 13. The molecule has 0 atom stereocenters. The van der Waals surface area contributed by atoms with Gasteiger partial charge in [0.15, 0.2) is 5.78 Å². The molecule has 15 nitrogen and oxygen atoms in total. The number of aromatic nitrogens is 2. The highest BCUT2D eigenvalue weighted by molar-refractivity contribution is 6.30. The number of para-hydroxylation sites is 2. The van der Waals surface area contributed by atoms with Crippen molar-refractivity contribution in [2.45, 2.75) is 6.42 Å². The molecule has 0 radical (unpaired) electrons. The summed E-state index contributed by atoms with van der Waals surface area (Å²) in [5, 5.41) is 17.3. The number of Topliss-reactive ketones (excluding diaryl/α,β-unsaturated/α-hetero) is 1. The molecule has 0 saturated heterocycles. The molecule has 6 aromatic rings. The Morgan fingerprint density at radius 2 is 1.22 bits per heavy atom. The van der Waals surface area contributed by atoms with E-state index in [1.165, 1.54) is 26.6 Å². The van der Waals surface area contributed by atoms with Gasteiger partial charge in [0, 0.05) is 73.6 Å². The van der Waals surface area contributed by atoms with Gasteiger partial charge in [-0.15, -0.1) is 0 Å². The molecular formula is C48H45Cl2N9O6. The minimum Gasteiger partial charge on any atom is -0.495 e. The van der Waals surface area contributed by atoms with E-state index in [-0.39, 0.29) is 29.4 Å². The number of likely N-dealkylation sites (N-methyl/N-ethyl adjacent to an activating group) is 1. The van der Waals surface area contributed by atoms with Crippen molar-refractivity contribution in [2.24, 2.45) is 4.99 Å². The Morgan fingerprint density at radius 3 is 1.72 bits per heavy atom. The van der Waals surface area contributed by atoms with Crippen molar-refractivity contribution in [3.05, 3.63) is 171 Å². The minimum atomic E-state index is -0.448. The number of aliphatic imine (C=N–C) groups is 1. The number of ether oxygens (including phenoxy) is 2. The summed E-state index contributed by atoms with van der Waals surface area (Å²) in [5.74, 6) is 0.882. The lowest BCUT2D eigenvalue weighted by atomic mass is 10.0. The first-order valence-electron chi connectivity index (χ1n) is 20.0. The largest absolute Gasteiger partial charge is 0.495 e. The molecular weight excluding hydrogens is 869 g/mol. The van der Waals surface area contributed by atoms with E-state index >= 15 is 0 Å². The number of hydrogen-bond acceptors (Lipinski definition) is 11. The Morgan fingerprint density at radius 1 is 0.677 bits per heavy atom. The Kier molecular flexibility index (Phi) is 15.6. The molecule has 0 spiro atoms. The quantitative estimate of drug-likeness (QED) is 0.0499. The van der Waals surface area contributed by atoms with E-state index in [0.29, 0.717) is 66.8 Å². The number of amides is 3. The van der Waals surface area contributed by atoms with Crippen LogP contribution in [0.4, 0.5) is 17.2 Å². The molecule has 4 aromatic carbocycles. The van der Waals surface area contributed by atoms with Crippen molar-refractivity contribution in [2.75, 3.05) is 64.4 Å². The number of hydrogen-bond donors (Lipinski definition) is 4. The molecule has 332 valence electrons. The second-order valence-electron chi connectivity index (χ2n) is 14.6. The van der Waals surface area contributed by atoms with Gasteiger partial charge in [-0.2, -0.15) is 0 Å². The zero-order valence-electron chi connectivity index (χ0n) is 36.1. The average Bonchev–Trinajstić information content (AvgIpc) is 3.75. The Labute approximate surface area is 385 Å². The highest BCUT2D eigenvalue weighted by atomic mass is 35.5. The Hall–Kier alpha value is -7.62. The Balaban J connectivity index is 0.000000216. The van der Waals surface area contributed by atoms with E-state index in [0.717, 1.165) is 24.5 Å². The third-order valence-electron chi connectivity index (χ3n) is 9.95. The number of methoxy groups -OCH3 is 2. The van der Waals surface area contributed by atoms with Gasteiger partial charge in [-0.3, -0.25) is 34.6 Å². The van der Waals surface area contributed by atoms with E-state index in [2.05, 4.69) is 35.8 Å². The predicted molar refractivity (Wildman–Crippen MR) is 254 cm³/mol. The summed E-state index contributed by atoms with van der Waals surface area (Å²) in [7, 11) is 8.49. The van der Waals surface area contributed by atoms with Gasteiger partial charge >= 0.3 is 0 Å². The standard InChI is InChI=1S/C24H22ClN5O3.C24H23ClN4O3/c1-30-13-12-26-22(30)15-6-8-16(9-7-15)23(31)29-21-18(4-3-5-19(21)33-2)24(32)28-20-11-10-17(25)14-27-20;1-29(2)23(26)15-7-9-16(10-8-15)24(31)28-22-19(5-4-6-21(22)32-3)20(30)13-18-12-11-17(25)14-27-18/h3-11,14H,12-13H2,1-2H3,(H,29,31)(H,27,28,32);4-12,14,26H,13H2,1-3H3,(H,28,31). The fraction of sp³-hybridized carbons (Fsp3) is 0.167. The maximum absolute atomic E-state index is 13.0. The fourth-order valence-corrected chi connectivity index (χ4v) is 6.73.